The first-order chi connectivity index (χ1) is 14.4. The zero-order valence-electron chi connectivity index (χ0n) is 15.9. The Morgan fingerprint density at radius 1 is 1.23 bits per heavy atom. The Morgan fingerprint density at radius 3 is 2.83 bits per heavy atom. The Bertz CT molecular complexity index is 1220. The van der Waals surface area contributed by atoms with Crippen molar-refractivity contribution in [1.29, 1.82) is 5.26 Å². The maximum absolute atomic E-state index is 14.5. The van der Waals surface area contributed by atoms with Gasteiger partial charge in [-0.15, -0.1) is 0 Å². The number of nitrogens with zero attached hydrogens (tertiary/aromatic N) is 4. The number of fused-ring (bicyclic) bond motifs is 1. The lowest BCUT2D eigenvalue weighted by Gasteiger charge is -2.13. The molecule has 3 aromatic rings. The van der Waals surface area contributed by atoms with Crippen LogP contribution in [0.3, 0.4) is 0 Å². The number of hydrogen-bond donors (Lipinski definition) is 0. The molecule has 0 amide bonds. The van der Waals surface area contributed by atoms with Crippen LogP contribution in [0, 0.1) is 17.1 Å². The molecule has 1 aliphatic rings. The summed E-state index contributed by atoms with van der Waals surface area (Å²) in [4.78, 5) is 17.9. The van der Waals surface area contributed by atoms with Crippen LogP contribution in [0.25, 0.3) is 0 Å². The fourth-order valence-electron chi connectivity index (χ4n) is 3.09. The van der Waals surface area contributed by atoms with E-state index in [4.69, 9.17) is 26.3 Å². The minimum absolute atomic E-state index is 0.000451. The molecule has 1 aromatic heterocycles. The van der Waals surface area contributed by atoms with Gasteiger partial charge in [-0.05, 0) is 29.8 Å². The van der Waals surface area contributed by atoms with E-state index in [0.29, 0.717) is 22.9 Å². The van der Waals surface area contributed by atoms with E-state index in [1.165, 1.54) is 24.3 Å². The van der Waals surface area contributed by atoms with Gasteiger partial charge in [-0.25, -0.2) is 9.18 Å². The van der Waals surface area contributed by atoms with Crippen molar-refractivity contribution in [3.05, 3.63) is 74.9 Å². The molecule has 9 heteroatoms. The highest BCUT2D eigenvalue weighted by molar-refractivity contribution is 6.31. The minimum Gasteiger partial charge on any atom is -0.473 e. The number of ether oxygens (including phenoxy) is 2. The van der Waals surface area contributed by atoms with E-state index in [0.717, 1.165) is 12.4 Å². The summed E-state index contributed by atoms with van der Waals surface area (Å²) in [5.74, 6) is 0.628. The number of anilines is 1. The first kappa shape index (κ1) is 19.7. The Kier molecular flexibility index (Phi) is 5.29. The van der Waals surface area contributed by atoms with E-state index in [2.05, 4.69) is 4.98 Å². The van der Waals surface area contributed by atoms with Gasteiger partial charge in [-0.3, -0.25) is 4.57 Å². The van der Waals surface area contributed by atoms with Crippen LogP contribution in [0.5, 0.6) is 17.4 Å². The summed E-state index contributed by atoms with van der Waals surface area (Å²) in [6.45, 7) is 1.36. The van der Waals surface area contributed by atoms with Gasteiger partial charge in [-0.2, -0.15) is 10.2 Å². The number of benzene rings is 2. The molecule has 7 nitrogen and oxygen atoms in total. The van der Waals surface area contributed by atoms with E-state index in [1.54, 1.807) is 22.8 Å². The van der Waals surface area contributed by atoms with Gasteiger partial charge in [0.05, 0.1) is 10.6 Å². The number of rotatable bonds is 5. The second-order valence-corrected chi connectivity index (χ2v) is 7.12. The summed E-state index contributed by atoms with van der Waals surface area (Å²) in [6, 6.07) is 12.5. The SMILES string of the molecule is CN1CCn2c1cc(OCc1ccc(Oc3ccc(Cl)c(C#N)c3)c(F)c1)nc2=O. The number of likely N-dealkylation sites (N-methyl/N-ethyl adjacent to an activating group) is 1. The highest BCUT2D eigenvalue weighted by Gasteiger charge is 2.19. The van der Waals surface area contributed by atoms with Crippen LogP contribution in [0.1, 0.15) is 11.1 Å². The lowest BCUT2D eigenvalue weighted by molar-refractivity contribution is 0.290. The molecule has 0 spiro atoms. The zero-order valence-corrected chi connectivity index (χ0v) is 16.7. The monoisotopic (exact) mass is 426 g/mol. The average Bonchev–Trinajstić information content (AvgIpc) is 3.11. The van der Waals surface area contributed by atoms with E-state index >= 15 is 0 Å². The molecule has 0 bridgehead atoms. The molecule has 0 N–H and O–H groups in total. The minimum atomic E-state index is -0.591. The van der Waals surface area contributed by atoms with Crippen LogP contribution in [0.15, 0.2) is 47.3 Å². The van der Waals surface area contributed by atoms with Crippen molar-refractivity contribution in [2.75, 3.05) is 18.5 Å². The van der Waals surface area contributed by atoms with Gasteiger partial charge in [-0.1, -0.05) is 17.7 Å². The molecule has 0 radical (unpaired) electrons. The third-order valence-electron chi connectivity index (χ3n) is 4.69. The lowest BCUT2D eigenvalue weighted by Crippen LogP contribution is -2.22. The predicted octanol–water partition coefficient (Wildman–Crippen LogP) is 3.73. The summed E-state index contributed by atoms with van der Waals surface area (Å²) < 4.78 is 27.2. The van der Waals surface area contributed by atoms with Crippen molar-refractivity contribution in [2.24, 2.45) is 0 Å². The van der Waals surface area contributed by atoms with Gasteiger partial charge in [0.2, 0.25) is 5.88 Å². The largest absolute Gasteiger partial charge is 0.473 e. The Balaban J connectivity index is 1.47. The molecule has 2 heterocycles. The van der Waals surface area contributed by atoms with Gasteiger partial charge >= 0.3 is 5.69 Å². The quantitative estimate of drug-likeness (QED) is 0.618. The van der Waals surface area contributed by atoms with Crippen LogP contribution in [0.4, 0.5) is 10.2 Å². The second-order valence-electron chi connectivity index (χ2n) is 6.72. The van der Waals surface area contributed by atoms with Crippen LogP contribution >= 0.6 is 11.6 Å². The lowest BCUT2D eigenvalue weighted by atomic mass is 10.2. The van der Waals surface area contributed by atoms with Gasteiger partial charge in [0.25, 0.3) is 0 Å². The van der Waals surface area contributed by atoms with E-state index in [-0.39, 0.29) is 29.5 Å². The topological polar surface area (TPSA) is 80.4 Å². The summed E-state index contributed by atoms with van der Waals surface area (Å²) in [5, 5.41) is 9.32. The van der Waals surface area contributed by atoms with Gasteiger partial charge < -0.3 is 14.4 Å². The summed E-state index contributed by atoms with van der Waals surface area (Å²) in [7, 11) is 1.89. The molecule has 0 unspecified atom stereocenters. The normalized spacial score (nSPS) is 12.4. The molecule has 1 aliphatic heterocycles. The number of nitriles is 1. The predicted molar refractivity (Wildman–Crippen MR) is 109 cm³/mol. The van der Waals surface area contributed by atoms with E-state index in [1.807, 2.05) is 18.0 Å². The van der Waals surface area contributed by atoms with E-state index < -0.39 is 5.82 Å². The van der Waals surface area contributed by atoms with Crippen LogP contribution in [-0.2, 0) is 13.2 Å². The standard InChI is InChI=1S/C21H16ClFN4O3/c1-26-6-7-27-20(26)10-19(25-21(27)28)29-12-13-2-5-18(17(23)8-13)30-15-3-4-16(22)14(9-15)11-24/h2-5,8-10H,6-7,12H2,1H3. The first-order valence-electron chi connectivity index (χ1n) is 9.06. The molecule has 2 aromatic carbocycles. The average molecular weight is 427 g/mol. The Labute approximate surface area is 176 Å². The summed E-state index contributed by atoms with van der Waals surface area (Å²) >= 11 is 5.89. The first-order valence-corrected chi connectivity index (χ1v) is 9.44. The van der Waals surface area contributed by atoms with Crippen molar-refractivity contribution in [3.63, 3.8) is 0 Å². The second kappa shape index (κ2) is 8.05. The molecular weight excluding hydrogens is 411 g/mol. The fraction of sp³-hybridized carbons (Fsp3) is 0.190. The smallest absolute Gasteiger partial charge is 0.352 e. The van der Waals surface area contributed by atoms with E-state index in [9.17, 15) is 9.18 Å². The zero-order chi connectivity index (χ0) is 21.3. The molecule has 0 fully saturated rings. The van der Waals surface area contributed by atoms with Crippen LogP contribution < -0.4 is 20.1 Å². The van der Waals surface area contributed by atoms with Gasteiger partial charge in [0, 0.05) is 32.3 Å². The highest BCUT2D eigenvalue weighted by atomic mass is 35.5. The summed E-state index contributed by atoms with van der Waals surface area (Å²) in [6.07, 6.45) is 0. The third-order valence-corrected chi connectivity index (χ3v) is 5.01. The molecule has 30 heavy (non-hydrogen) atoms. The number of aromatic nitrogens is 2. The molecule has 152 valence electrons. The molecule has 4 rings (SSSR count). The summed E-state index contributed by atoms with van der Waals surface area (Å²) in [5.41, 5.74) is 0.411. The number of halogens is 2. The maximum Gasteiger partial charge on any atom is 0.352 e. The van der Waals surface area contributed by atoms with Crippen LogP contribution in [0.2, 0.25) is 5.02 Å². The highest BCUT2D eigenvalue weighted by Crippen LogP contribution is 2.28. The molecule has 0 saturated heterocycles. The molecule has 0 aliphatic carbocycles. The van der Waals surface area contributed by atoms with Crippen molar-refractivity contribution in [1.82, 2.24) is 9.55 Å². The van der Waals surface area contributed by atoms with Gasteiger partial charge in [0.15, 0.2) is 11.6 Å². The third kappa shape index (κ3) is 3.93. The Morgan fingerprint density at radius 2 is 2.07 bits per heavy atom. The Hall–Kier alpha value is -3.57. The molecule has 0 atom stereocenters. The number of hydrogen-bond acceptors (Lipinski definition) is 6. The maximum atomic E-state index is 14.5. The molecular formula is C21H16ClFN4O3. The fourth-order valence-corrected chi connectivity index (χ4v) is 3.25. The van der Waals surface area contributed by atoms with Crippen molar-refractivity contribution >= 4 is 17.4 Å². The van der Waals surface area contributed by atoms with Gasteiger partial charge in [0.1, 0.15) is 24.2 Å². The van der Waals surface area contributed by atoms with Crippen molar-refractivity contribution in [3.8, 4) is 23.4 Å². The van der Waals surface area contributed by atoms with Crippen LogP contribution in [-0.4, -0.2) is 23.1 Å². The molecule has 0 saturated carbocycles. The van der Waals surface area contributed by atoms with Crippen molar-refractivity contribution < 1.29 is 13.9 Å². The van der Waals surface area contributed by atoms with Crippen molar-refractivity contribution in [2.45, 2.75) is 13.2 Å².